The lowest BCUT2D eigenvalue weighted by molar-refractivity contribution is 0.334. The van der Waals surface area contributed by atoms with E-state index in [9.17, 15) is 8.42 Å². The Morgan fingerprint density at radius 3 is 2.57 bits per heavy atom. The van der Waals surface area contributed by atoms with E-state index in [0.717, 1.165) is 36.2 Å². The molecule has 2 atom stereocenters. The van der Waals surface area contributed by atoms with Gasteiger partial charge in [-0.05, 0) is 41.8 Å². The van der Waals surface area contributed by atoms with E-state index in [1.807, 2.05) is 30.3 Å². The lowest BCUT2D eigenvalue weighted by Gasteiger charge is -2.16. The summed E-state index contributed by atoms with van der Waals surface area (Å²) in [6.07, 6.45) is 1.07. The van der Waals surface area contributed by atoms with Gasteiger partial charge in [0.25, 0.3) is 0 Å². The predicted molar refractivity (Wildman–Crippen MR) is 92.3 cm³/mol. The maximum Gasteiger partial charge on any atom is 0.183 e. The zero-order valence-electron chi connectivity index (χ0n) is 13.3. The molecule has 0 amide bonds. The van der Waals surface area contributed by atoms with E-state index in [4.69, 9.17) is 0 Å². The Balaban J connectivity index is 1.78. The lowest BCUT2D eigenvalue weighted by atomic mass is 9.94. The van der Waals surface area contributed by atoms with E-state index < -0.39 is 9.84 Å². The minimum Gasteiger partial charge on any atom is -0.301 e. The van der Waals surface area contributed by atoms with Crippen molar-refractivity contribution < 1.29 is 8.42 Å². The fraction of sp³-hybridized carbons (Fsp3) is 0.368. The van der Waals surface area contributed by atoms with Crippen LogP contribution in [0.5, 0.6) is 0 Å². The average Bonchev–Trinajstić information content (AvgIpc) is 3.07. The molecular weight excluding hydrogens is 306 g/mol. The van der Waals surface area contributed by atoms with Crippen molar-refractivity contribution in [2.24, 2.45) is 0 Å². The molecule has 2 aliphatic rings. The quantitative estimate of drug-likeness (QED) is 0.868. The zero-order chi connectivity index (χ0) is 16.0. The van der Waals surface area contributed by atoms with Crippen molar-refractivity contribution in [2.45, 2.75) is 29.4 Å². The van der Waals surface area contributed by atoms with Crippen molar-refractivity contribution >= 4 is 9.84 Å². The number of hydrogen-bond acceptors (Lipinski definition) is 3. The summed E-state index contributed by atoms with van der Waals surface area (Å²) in [5.74, 6) is 0.130. The molecule has 0 saturated carbocycles. The number of hydrogen-bond donors (Lipinski definition) is 0. The third-order valence-electron chi connectivity index (χ3n) is 5.10. The lowest BCUT2D eigenvalue weighted by Crippen LogP contribution is -2.26. The maximum atomic E-state index is 12.8. The Morgan fingerprint density at radius 2 is 1.83 bits per heavy atom. The summed E-state index contributed by atoms with van der Waals surface area (Å²) >= 11 is 0. The summed E-state index contributed by atoms with van der Waals surface area (Å²) in [6.45, 7) is 4.67. The third-order valence-corrected chi connectivity index (χ3v) is 7.36. The van der Waals surface area contributed by atoms with E-state index >= 15 is 0 Å². The normalized spacial score (nSPS) is 25.3. The van der Waals surface area contributed by atoms with Gasteiger partial charge in [-0.3, -0.25) is 0 Å². The standard InChI is InChI=1S/C19H21NO2S/c1-2-10-20-12-17-16-11-15(14-6-4-3-5-7-14)8-9-18(16)23(21,22)19(17)13-20/h3-9,11,17,19H,2,10,12-13H2,1H3. The van der Waals surface area contributed by atoms with Crippen molar-refractivity contribution in [3.05, 3.63) is 54.1 Å². The number of rotatable bonds is 3. The number of benzene rings is 2. The van der Waals surface area contributed by atoms with Gasteiger partial charge in [-0.15, -0.1) is 0 Å². The summed E-state index contributed by atoms with van der Waals surface area (Å²) in [5, 5.41) is -0.255. The Hall–Kier alpha value is -1.65. The molecule has 2 aromatic rings. The maximum absolute atomic E-state index is 12.8. The molecule has 1 fully saturated rings. The van der Waals surface area contributed by atoms with Crippen LogP contribution < -0.4 is 0 Å². The molecule has 2 heterocycles. The minimum atomic E-state index is -3.17. The summed E-state index contributed by atoms with van der Waals surface area (Å²) < 4.78 is 25.7. The van der Waals surface area contributed by atoms with Crippen LogP contribution in [-0.2, 0) is 9.84 Å². The van der Waals surface area contributed by atoms with Gasteiger partial charge in [0.05, 0.1) is 10.1 Å². The van der Waals surface area contributed by atoms with Crippen molar-refractivity contribution in [2.75, 3.05) is 19.6 Å². The van der Waals surface area contributed by atoms with Crippen molar-refractivity contribution in [1.29, 1.82) is 0 Å². The smallest absolute Gasteiger partial charge is 0.183 e. The van der Waals surface area contributed by atoms with Crippen LogP contribution in [0.1, 0.15) is 24.8 Å². The van der Waals surface area contributed by atoms with Crippen molar-refractivity contribution in [3.63, 3.8) is 0 Å². The number of nitrogens with zero attached hydrogens (tertiary/aromatic N) is 1. The summed E-state index contributed by atoms with van der Waals surface area (Å²) in [7, 11) is -3.17. The van der Waals surface area contributed by atoms with E-state index in [2.05, 4.69) is 30.0 Å². The molecular formula is C19H21NO2S. The molecule has 23 heavy (non-hydrogen) atoms. The van der Waals surface area contributed by atoms with Crippen LogP contribution in [0, 0.1) is 0 Å². The minimum absolute atomic E-state index is 0.130. The number of likely N-dealkylation sites (tertiary alicyclic amines) is 1. The highest BCUT2D eigenvalue weighted by Gasteiger charge is 2.49. The van der Waals surface area contributed by atoms with Crippen LogP contribution in [0.15, 0.2) is 53.4 Å². The molecule has 2 unspecified atom stereocenters. The Bertz CT molecular complexity index is 830. The van der Waals surface area contributed by atoms with E-state index in [1.165, 1.54) is 0 Å². The van der Waals surface area contributed by atoms with Gasteiger partial charge in [-0.25, -0.2) is 8.42 Å². The first kappa shape index (κ1) is 14.9. The Labute approximate surface area is 137 Å². The van der Waals surface area contributed by atoms with Gasteiger partial charge >= 0.3 is 0 Å². The monoisotopic (exact) mass is 327 g/mol. The largest absolute Gasteiger partial charge is 0.301 e. The van der Waals surface area contributed by atoms with Crippen LogP contribution in [0.2, 0.25) is 0 Å². The molecule has 3 nitrogen and oxygen atoms in total. The molecule has 4 rings (SSSR count). The van der Waals surface area contributed by atoms with Crippen LogP contribution in [0.4, 0.5) is 0 Å². The molecule has 0 spiro atoms. The first-order valence-corrected chi connectivity index (χ1v) is 9.81. The van der Waals surface area contributed by atoms with Gasteiger partial charge in [0.2, 0.25) is 0 Å². The van der Waals surface area contributed by atoms with Gasteiger partial charge in [0, 0.05) is 19.0 Å². The van der Waals surface area contributed by atoms with Crippen LogP contribution in [-0.4, -0.2) is 38.2 Å². The van der Waals surface area contributed by atoms with Crippen LogP contribution >= 0.6 is 0 Å². The van der Waals surface area contributed by atoms with Gasteiger partial charge in [-0.2, -0.15) is 0 Å². The fourth-order valence-corrected chi connectivity index (χ4v) is 6.23. The summed E-state index contributed by atoms with van der Waals surface area (Å²) in [5.41, 5.74) is 3.27. The van der Waals surface area contributed by atoms with Gasteiger partial charge in [0.15, 0.2) is 9.84 Å². The highest BCUT2D eigenvalue weighted by atomic mass is 32.2. The molecule has 4 heteroatoms. The number of sulfone groups is 1. The van der Waals surface area contributed by atoms with E-state index in [1.54, 1.807) is 0 Å². The molecule has 2 aromatic carbocycles. The second-order valence-electron chi connectivity index (χ2n) is 6.57. The molecule has 0 aromatic heterocycles. The van der Waals surface area contributed by atoms with Gasteiger partial charge in [-0.1, -0.05) is 43.3 Å². The summed E-state index contributed by atoms with van der Waals surface area (Å²) in [4.78, 5) is 2.86. The Morgan fingerprint density at radius 1 is 1.04 bits per heavy atom. The molecule has 1 saturated heterocycles. The van der Waals surface area contributed by atoms with Crippen LogP contribution in [0.3, 0.4) is 0 Å². The predicted octanol–water partition coefficient (Wildman–Crippen LogP) is 3.32. The highest BCUT2D eigenvalue weighted by Crippen LogP contribution is 2.45. The topological polar surface area (TPSA) is 37.4 Å². The molecule has 0 aliphatic carbocycles. The van der Waals surface area contributed by atoms with Gasteiger partial charge in [0.1, 0.15) is 0 Å². The zero-order valence-corrected chi connectivity index (χ0v) is 14.1. The third kappa shape index (κ3) is 2.32. The van der Waals surface area contributed by atoms with Crippen molar-refractivity contribution in [3.8, 4) is 11.1 Å². The number of fused-ring (bicyclic) bond motifs is 3. The molecule has 0 bridgehead atoms. The molecule has 0 radical (unpaired) electrons. The van der Waals surface area contributed by atoms with E-state index in [-0.39, 0.29) is 11.2 Å². The average molecular weight is 327 g/mol. The first-order valence-electron chi connectivity index (χ1n) is 8.27. The SMILES string of the molecule is CCCN1CC2c3cc(-c4ccccc4)ccc3S(=O)(=O)C2C1. The van der Waals surface area contributed by atoms with E-state index in [0.29, 0.717) is 11.4 Å². The summed E-state index contributed by atoms with van der Waals surface area (Å²) in [6, 6.07) is 16.0. The fourth-order valence-electron chi connectivity index (χ4n) is 4.03. The second kappa shape index (κ2) is 5.46. The van der Waals surface area contributed by atoms with Crippen molar-refractivity contribution in [1.82, 2.24) is 4.90 Å². The Kier molecular flexibility index (Phi) is 3.54. The highest BCUT2D eigenvalue weighted by molar-refractivity contribution is 7.92. The van der Waals surface area contributed by atoms with Gasteiger partial charge < -0.3 is 4.90 Å². The molecule has 2 aliphatic heterocycles. The first-order chi connectivity index (χ1) is 11.1. The second-order valence-corrected chi connectivity index (χ2v) is 8.70. The molecule has 120 valence electrons. The van der Waals surface area contributed by atoms with Crippen LogP contribution in [0.25, 0.3) is 11.1 Å². The molecule has 0 N–H and O–H groups in total.